The molecule has 170 valence electrons. The molecule has 0 radical (unpaired) electrons. The topological polar surface area (TPSA) is 90.1 Å². The van der Waals surface area contributed by atoms with Gasteiger partial charge in [-0.15, -0.1) is 0 Å². The van der Waals surface area contributed by atoms with E-state index in [1.54, 1.807) is 16.8 Å². The first-order valence-corrected chi connectivity index (χ1v) is 11.7. The number of pyridine rings is 1. The lowest BCUT2D eigenvalue weighted by molar-refractivity contribution is 0.313. The Morgan fingerprint density at radius 1 is 1.15 bits per heavy atom. The second kappa shape index (κ2) is 9.00. The highest BCUT2D eigenvalue weighted by molar-refractivity contribution is 6.33. The van der Waals surface area contributed by atoms with Crippen LogP contribution in [0.4, 0.5) is 17.3 Å². The van der Waals surface area contributed by atoms with E-state index < -0.39 is 0 Å². The maximum atomic E-state index is 13.0. The Labute approximate surface area is 197 Å². The zero-order chi connectivity index (χ0) is 22.9. The number of fused-ring (bicyclic) bond motifs is 1. The molecular formula is C24H26ClN7O. The van der Waals surface area contributed by atoms with Crippen LogP contribution in [0.5, 0.6) is 0 Å². The zero-order valence-corrected chi connectivity index (χ0v) is 19.3. The largest absolute Gasteiger partial charge is 0.368 e. The van der Waals surface area contributed by atoms with Crippen molar-refractivity contribution in [3.63, 3.8) is 0 Å². The highest BCUT2D eigenvalue weighted by Crippen LogP contribution is 2.32. The number of hydrogen-bond acceptors (Lipinski definition) is 7. The summed E-state index contributed by atoms with van der Waals surface area (Å²) >= 11 is 6.61. The number of halogens is 1. The first-order chi connectivity index (χ1) is 16.0. The van der Waals surface area contributed by atoms with E-state index in [0.29, 0.717) is 22.0 Å². The number of aromatic nitrogens is 3. The third-order valence-corrected chi connectivity index (χ3v) is 6.93. The molecule has 1 saturated carbocycles. The first-order valence-electron chi connectivity index (χ1n) is 11.4. The summed E-state index contributed by atoms with van der Waals surface area (Å²) in [5, 5.41) is 14.0. The van der Waals surface area contributed by atoms with Gasteiger partial charge in [0.1, 0.15) is 17.3 Å². The number of likely N-dealkylation sites (N-methyl/N-ethyl adjacent to an activating group) is 1. The van der Waals surface area contributed by atoms with Crippen molar-refractivity contribution in [3.8, 4) is 6.07 Å². The molecular weight excluding hydrogens is 438 g/mol. The number of rotatable bonds is 4. The second-order valence-electron chi connectivity index (χ2n) is 8.84. The predicted molar refractivity (Wildman–Crippen MR) is 130 cm³/mol. The summed E-state index contributed by atoms with van der Waals surface area (Å²) in [5.41, 5.74) is 2.21. The van der Waals surface area contributed by atoms with Gasteiger partial charge >= 0.3 is 0 Å². The summed E-state index contributed by atoms with van der Waals surface area (Å²) < 4.78 is 1.69. The third-order valence-electron chi connectivity index (χ3n) is 6.63. The normalized spacial score (nSPS) is 17.4. The first kappa shape index (κ1) is 21.7. The van der Waals surface area contributed by atoms with E-state index >= 15 is 0 Å². The highest BCUT2D eigenvalue weighted by atomic mass is 35.5. The summed E-state index contributed by atoms with van der Waals surface area (Å²) in [6, 6.07) is 9.53. The number of nitrogens with one attached hydrogen (secondary N) is 1. The molecule has 0 spiro atoms. The van der Waals surface area contributed by atoms with Gasteiger partial charge < -0.3 is 15.1 Å². The third kappa shape index (κ3) is 4.26. The van der Waals surface area contributed by atoms with E-state index in [1.807, 2.05) is 24.3 Å². The van der Waals surface area contributed by atoms with Gasteiger partial charge in [0.05, 0.1) is 10.7 Å². The van der Waals surface area contributed by atoms with Crippen molar-refractivity contribution in [1.29, 1.82) is 5.26 Å². The molecule has 0 atom stereocenters. The van der Waals surface area contributed by atoms with Crippen molar-refractivity contribution < 1.29 is 0 Å². The molecule has 0 bridgehead atoms. The minimum absolute atomic E-state index is 0.0633. The van der Waals surface area contributed by atoms with Crippen LogP contribution in [0.25, 0.3) is 11.0 Å². The number of anilines is 3. The SMILES string of the molecule is CN1CCN(c2ccc(Nc3ncc4cc(C#N)c(=O)n(C5CCCC5)c4n3)cc2Cl)CC1. The van der Waals surface area contributed by atoms with Crippen LogP contribution < -0.4 is 15.8 Å². The average molecular weight is 464 g/mol. The van der Waals surface area contributed by atoms with E-state index in [9.17, 15) is 10.1 Å². The Hall–Kier alpha value is -3.15. The fraction of sp³-hybridized carbons (Fsp3) is 0.417. The molecule has 2 aromatic heterocycles. The maximum absolute atomic E-state index is 13.0. The van der Waals surface area contributed by atoms with E-state index in [2.05, 4.69) is 32.1 Å². The van der Waals surface area contributed by atoms with Crippen LogP contribution in [0.15, 0.2) is 35.3 Å². The Morgan fingerprint density at radius 3 is 2.61 bits per heavy atom. The molecule has 9 heteroatoms. The van der Waals surface area contributed by atoms with Gasteiger partial charge in [-0.1, -0.05) is 24.4 Å². The van der Waals surface area contributed by atoms with E-state index in [1.165, 1.54) is 0 Å². The summed E-state index contributed by atoms with van der Waals surface area (Å²) in [6.45, 7) is 3.91. The van der Waals surface area contributed by atoms with E-state index in [-0.39, 0.29) is 17.2 Å². The number of piperazine rings is 1. The average Bonchev–Trinajstić information content (AvgIpc) is 3.34. The fourth-order valence-corrected chi connectivity index (χ4v) is 5.08. The lowest BCUT2D eigenvalue weighted by Crippen LogP contribution is -2.44. The molecule has 2 aliphatic rings. The molecule has 3 aromatic rings. The molecule has 1 N–H and O–H groups in total. The zero-order valence-electron chi connectivity index (χ0n) is 18.6. The molecule has 0 unspecified atom stereocenters. The van der Waals surface area contributed by atoms with Gasteiger partial charge in [-0.3, -0.25) is 9.36 Å². The van der Waals surface area contributed by atoms with Crippen LogP contribution in [0.1, 0.15) is 37.3 Å². The van der Waals surface area contributed by atoms with Crippen molar-refractivity contribution in [1.82, 2.24) is 19.4 Å². The van der Waals surface area contributed by atoms with Crippen LogP contribution in [-0.2, 0) is 0 Å². The Morgan fingerprint density at radius 2 is 1.91 bits per heavy atom. The van der Waals surface area contributed by atoms with Crippen LogP contribution in [0, 0.1) is 11.3 Å². The molecule has 1 saturated heterocycles. The molecule has 1 aromatic carbocycles. The van der Waals surface area contributed by atoms with Crippen molar-refractivity contribution in [2.24, 2.45) is 0 Å². The van der Waals surface area contributed by atoms with Crippen molar-refractivity contribution >= 4 is 40.0 Å². The molecule has 3 heterocycles. The minimum Gasteiger partial charge on any atom is -0.368 e. The Kier molecular flexibility index (Phi) is 5.92. The van der Waals surface area contributed by atoms with Crippen LogP contribution >= 0.6 is 11.6 Å². The summed E-state index contributed by atoms with van der Waals surface area (Å²) in [7, 11) is 2.13. The fourth-order valence-electron chi connectivity index (χ4n) is 4.78. The van der Waals surface area contributed by atoms with Crippen LogP contribution in [-0.4, -0.2) is 52.7 Å². The van der Waals surface area contributed by atoms with Gasteiger partial charge in [-0.25, -0.2) is 4.98 Å². The summed E-state index contributed by atoms with van der Waals surface area (Å²) in [6.07, 6.45) is 5.64. The highest BCUT2D eigenvalue weighted by Gasteiger charge is 2.23. The quantitative estimate of drug-likeness (QED) is 0.626. The Bertz CT molecular complexity index is 1280. The second-order valence-corrected chi connectivity index (χ2v) is 9.24. The van der Waals surface area contributed by atoms with E-state index in [0.717, 1.165) is 63.2 Å². The van der Waals surface area contributed by atoms with Gasteiger partial charge in [0.25, 0.3) is 5.56 Å². The number of nitriles is 1. The van der Waals surface area contributed by atoms with E-state index in [4.69, 9.17) is 11.6 Å². The molecule has 0 amide bonds. The lowest BCUT2D eigenvalue weighted by Gasteiger charge is -2.34. The van der Waals surface area contributed by atoms with Gasteiger partial charge in [-0.2, -0.15) is 10.2 Å². The smallest absolute Gasteiger partial charge is 0.270 e. The Balaban J connectivity index is 1.46. The lowest BCUT2D eigenvalue weighted by atomic mass is 10.2. The standard InChI is InChI=1S/C24H26ClN7O/c1-30-8-10-31(11-9-30)21-7-6-18(13-20(21)25)28-24-27-15-17-12-16(14-26)23(33)32(22(17)29-24)19-4-2-3-5-19/h6-7,12-13,15,19H,2-5,8-11H2,1H3,(H,27,28,29). The van der Waals surface area contributed by atoms with Gasteiger partial charge in [0.15, 0.2) is 0 Å². The molecule has 33 heavy (non-hydrogen) atoms. The van der Waals surface area contributed by atoms with Crippen molar-refractivity contribution in [2.75, 3.05) is 43.4 Å². The summed E-state index contributed by atoms with van der Waals surface area (Å²) in [5.74, 6) is 0.391. The van der Waals surface area contributed by atoms with Crippen molar-refractivity contribution in [3.05, 3.63) is 51.4 Å². The van der Waals surface area contributed by atoms with Crippen LogP contribution in [0.3, 0.4) is 0 Å². The molecule has 1 aliphatic carbocycles. The van der Waals surface area contributed by atoms with Crippen molar-refractivity contribution in [2.45, 2.75) is 31.7 Å². The monoisotopic (exact) mass is 463 g/mol. The summed E-state index contributed by atoms with van der Waals surface area (Å²) in [4.78, 5) is 26.7. The predicted octanol–water partition coefficient (Wildman–Crippen LogP) is 3.93. The van der Waals surface area contributed by atoms with Gasteiger partial charge in [0, 0.05) is 49.5 Å². The van der Waals surface area contributed by atoms with Gasteiger partial charge in [0.2, 0.25) is 5.95 Å². The molecule has 2 fully saturated rings. The number of nitrogens with zero attached hydrogens (tertiary/aromatic N) is 6. The molecule has 1 aliphatic heterocycles. The minimum atomic E-state index is -0.277. The molecule has 8 nitrogen and oxygen atoms in total. The van der Waals surface area contributed by atoms with Crippen LogP contribution in [0.2, 0.25) is 5.02 Å². The maximum Gasteiger partial charge on any atom is 0.270 e. The molecule has 5 rings (SSSR count). The number of benzene rings is 1. The number of hydrogen-bond donors (Lipinski definition) is 1. The van der Waals surface area contributed by atoms with Gasteiger partial charge in [-0.05, 0) is 44.2 Å².